The molecule has 6 rings (SSSR count). The van der Waals surface area contributed by atoms with Gasteiger partial charge in [-0.1, -0.05) is 91.6 Å². The minimum atomic E-state index is -1.28. The van der Waals surface area contributed by atoms with E-state index in [0.717, 1.165) is 62.5 Å². The normalized spacial score (nSPS) is 37.5. The molecule has 0 radical (unpaired) electrons. The van der Waals surface area contributed by atoms with Crippen LogP contribution in [0.4, 0.5) is 0 Å². The van der Waals surface area contributed by atoms with E-state index in [0.29, 0.717) is 36.4 Å². The highest BCUT2D eigenvalue weighted by Crippen LogP contribution is 2.77. The average molecular weight is 737 g/mol. The molecule has 0 amide bonds. The Morgan fingerprint density at radius 3 is 2.27 bits per heavy atom. The van der Waals surface area contributed by atoms with Crippen molar-refractivity contribution in [3.8, 4) is 0 Å². The summed E-state index contributed by atoms with van der Waals surface area (Å²) in [4.78, 5) is 38.7. The Hall–Kier alpha value is -2.22. The number of esters is 1. The zero-order valence-corrected chi connectivity index (χ0v) is 33.9. The van der Waals surface area contributed by atoms with Crippen LogP contribution in [0.5, 0.6) is 0 Å². The van der Waals surface area contributed by atoms with E-state index in [9.17, 15) is 24.6 Å². The Labute approximate surface area is 317 Å². The largest absolute Gasteiger partial charge is 0.550 e. The third-order valence-electron chi connectivity index (χ3n) is 16.1. The molecule has 1 aromatic carbocycles. The van der Waals surface area contributed by atoms with E-state index < -0.39 is 28.9 Å². The number of carbonyl (C=O) groups excluding carboxylic acids is 3. The summed E-state index contributed by atoms with van der Waals surface area (Å²) in [6.07, 6.45) is 7.01. The number of rotatable bonds is 10. The Balaban J connectivity index is 1.26. The predicted molar refractivity (Wildman–Crippen MR) is 202 cm³/mol. The van der Waals surface area contributed by atoms with Gasteiger partial charge in [0.15, 0.2) is 5.78 Å². The quantitative estimate of drug-likeness (QED) is 0.235. The zero-order chi connectivity index (χ0) is 38.2. The van der Waals surface area contributed by atoms with E-state index in [1.807, 2.05) is 24.3 Å². The van der Waals surface area contributed by atoms with E-state index in [4.69, 9.17) is 16.3 Å². The average Bonchev–Trinajstić information content (AvgIpc) is 3.36. The van der Waals surface area contributed by atoms with Crippen LogP contribution in [-0.4, -0.2) is 41.6 Å². The third kappa shape index (κ3) is 6.11. The van der Waals surface area contributed by atoms with Gasteiger partial charge in [0.05, 0.1) is 12.5 Å². The summed E-state index contributed by atoms with van der Waals surface area (Å²) >= 11 is 6.10. The number of carboxylic acid groups (broad SMARTS) is 1. The number of hydrogen-bond donors (Lipinski definition) is 2. The highest BCUT2D eigenvalue weighted by Gasteiger charge is 2.70. The first kappa shape index (κ1) is 39.5. The molecule has 1 aromatic rings. The summed E-state index contributed by atoms with van der Waals surface area (Å²) in [5, 5.41) is 28.0. The van der Waals surface area contributed by atoms with Crippen molar-refractivity contribution in [1.29, 1.82) is 0 Å². The molecule has 0 saturated heterocycles. The van der Waals surface area contributed by atoms with E-state index in [-0.39, 0.29) is 51.8 Å². The number of fused-ring (bicyclic) bond motifs is 7. The van der Waals surface area contributed by atoms with Crippen molar-refractivity contribution in [3.63, 3.8) is 0 Å². The van der Waals surface area contributed by atoms with Gasteiger partial charge >= 0.3 is 5.97 Å². The molecule has 8 heteroatoms. The van der Waals surface area contributed by atoms with Crippen LogP contribution in [0.3, 0.4) is 0 Å². The second-order valence-electron chi connectivity index (χ2n) is 19.8. The number of ketones is 1. The zero-order valence-electron chi connectivity index (χ0n) is 33.1. The molecule has 0 aliphatic heterocycles. The highest BCUT2D eigenvalue weighted by atomic mass is 35.5. The van der Waals surface area contributed by atoms with E-state index in [1.54, 1.807) is 0 Å². The Morgan fingerprint density at radius 1 is 0.962 bits per heavy atom. The number of allylic oxidation sites excluding steroid dienone is 1. The molecule has 52 heavy (non-hydrogen) atoms. The maximum Gasteiger partial charge on any atom is 0.307 e. The van der Waals surface area contributed by atoms with Gasteiger partial charge in [0.1, 0.15) is 6.10 Å². The van der Waals surface area contributed by atoms with Crippen LogP contribution in [0, 0.1) is 56.2 Å². The lowest BCUT2D eigenvalue weighted by atomic mass is 9.33. The van der Waals surface area contributed by atoms with Gasteiger partial charge in [0.2, 0.25) is 0 Å². The molecule has 0 heterocycles. The summed E-state index contributed by atoms with van der Waals surface area (Å²) in [5.74, 6) is -0.287. The fraction of sp³-hybridized carbons (Fsp3) is 0.750. The Morgan fingerprint density at radius 2 is 1.63 bits per heavy atom. The Bertz CT molecular complexity index is 1610. The van der Waals surface area contributed by atoms with Crippen LogP contribution in [0.1, 0.15) is 132 Å². The van der Waals surface area contributed by atoms with Gasteiger partial charge < -0.3 is 25.1 Å². The number of Topliss-reactive ketones (excluding diaryl/α,β-unsaturated/α-hetero) is 1. The SMILES string of the molecule is CC(C)C1=C2[C@H]3CC[C@@H]4[C@@]5(C)CC[C@H](OC(=O)CC(C)(C)C(=O)[O-])C(C)(C)[C@@H]5CC[C@@]4(C)[C@]3(C)CC[C@@]2([C@@H](O)CNCc2ccc(Cl)cc2)CC1=O. The fourth-order valence-electron chi connectivity index (χ4n) is 13.1. The summed E-state index contributed by atoms with van der Waals surface area (Å²) in [7, 11) is 0. The van der Waals surface area contributed by atoms with Crippen LogP contribution >= 0.6 is 11.6 Å². The molecule has 0 spiro atoms. The van der Waals surface area contributed by atoms with Gasteiger partial charge in [-0.3, -0.25) is 9.59 Å². The summed E-state index contributed by atoms with van der Waals surface area (Å²) in [6, 6.07) is 7.78. The third-order valence-corrected chi connectivity index (χ3v) is 16.3. The molecular weight excluding hydrogens is 674 g/mol. The number of aliphatic hydroxyl groups is 1. The molecule has 5 aliphatic carbocycles. The van der Waals surface area contributed by atoms with Gasteiger partial charge in [0.25, 0.3) is 0 Å². The molecule has 4 fully saturated rings. The fourth-order valence-corrected chi connectivity index (χ4v) is 13.2. The minimum Gasteiger partial charge on any atom is -0.550 e. The first-order chi connectivity index (χ1) is 24.1. The van der Waals surface area contributed by atoms with Gasteiger partial charge in [-0.15, -0.1) is 0 Å². The number of nitrogens with one attached hydrogen (secondary N) is 1. The molecule has 4 saturated carbocycles. The van der Waals surface area contributed by atoms with Crippen LogP contribution in [0.25, 0.3) is 0 Å². The van der Waals surface area contributed by atoms with Crippen molar-refractivity contribution in [2.45, 2.75) is 145 Å². The first-order valence-corrected chi connectivity index (χ1v) is 20.3. The van der Waals surface area contributed by atoms with Crippen LogP contribution in [-0.2, 0) is 25.7 Å². The molecule has 9 atom stereocenters. The maximum absolute atomic E-state index is 14.0. The minimum absolute atomic E-state index is 0.0200. The van der Waals surface area contributed by atoms with Gasteiger partial charge in [0, 0.05) is 46.7 Å². The standard InChI is InChI=1S/C44H64ClNO6/c1-26(2)36-30(47)22-44(33(48)25-46-24-27-10-12-28(45)13-11-27)21-20-42(8)29(37(36)44)14-15-32-41(7)18-17-34(52-35(49)23-39(3,4)38(50)51)40(5,6)31(41)16-19-43(32,42)9/h10-13,26,29,31-34,46,48H,14-25H2,1-9H3,(H,50,51)/p-1/t29-,31+,32-,33+,34+,41+,42-,43-,44+/m1/s1. The van der Waals surface area contributed by atoms with Gasteiger partial charge in [-0.05, 0) is 115 Å². The lowest BCUT2D eigenvalue weighted by molar-refractivity contribution is -0.318. The van der Waals surface area contributed by atoms with Crippen molar-refractivity contribution in [3.05, 3.63) is 46.0 Å². The summed E-state index contributed by atoms with van der Waals surface area (Å²) in [5.41, 5.74) is 1.38. The van der Waals surface area contributed by atoms with Crippen LogP contribution in [0.15, 0.2) is 35.4 Å². The molecule has 0 bridgehead atoms. The van der Waals surface area contributed by atoms with E-state index in [2.05, 4.69) is 53.8 Å². The second-order valence-corrected chi connectivity index (χ2v) is 20.2. The van der Waals surface area contributed by atoms with Gasteiger partial charge in [-0.25, -0.2) is 0 Å². The van der Waals surface area contributed by atoms with Gasteiger partial charge in [-0.2, -0.15) is 0 Å². The predicted octanol–water partition coefficient (Wildman–Crippen LogP) is 7.85. The molecule has 5 aliphatic rings. The van der Waals surface area contributed by atoms with E-state index in [1.165, 1.54) is 19.4 Å². The maximum atomic E-state index is 14.0. The number of ether oxygens (including phenoxy) is 1. The van der Waals surface area contributed by atoms with E-state index >= 15 is 0 Å². The second kappa shape index (κ2) is 13.5. The molecule has 2 N–H and O–H groups in total. The number of benzene rings is 1. The first-order valence-electron chi connectivity index (χ1n) is 20.0. The molecule has 288 valence electrons. The highest BCUT2D eigenvalue weighted by molar-refractivity contribution is 6.30. The molecule has 0 unspecified atom stereocenters. The molecule has 7 nitrogen and oxygen atoms in total. The smallest absolute Gasteiger partial charge is 0.307 e. The number of aliphatic hydroxyl groups excluding tert-OH is 1. The number of carboxylic acids is 1. The van der Waals surface area contributed by atoms with Crippen molar-refractivity contribution < 1.29 is 29.3 Å². The lowest BCUT2D eigenvalue weighted by Gasteiger charge is -2.72. The van der Waals surface area contributed by atoms with Crippen molar-refractivity contribution in [1.82, 2.24) is 5.32 Å². The number of halogens is 1. The number of carbonyl (C=O) groups is 3. The monoisotopic (exact) mass is 736 g/mol. The van der Waals surface area contributed by atoms with Crippen molar-refractivity contribution >= 4 is 29.3 Å². The topological polar surface area (TPSA) is 116 Å². The Kier molecular flexibility index (Phi) is 10.3. The summed E-state index contributed by atoms with van der Waals surface area (Å²) in [6.45, 7) is 20.5. The molecular formula is C44H63ClNO6-. The van der Waals surface area contributed by atoms with Crippen molar-refractivity contribution in [2.24, 2.45) is 56.2 Å². The van der Waals surface area contributed by atoms with Crippen molar-refractivity contribution in [2.75, 3.05) is 6.54 Å². The van der Waals surface area contributed by atoms with Crippen LogP contribution in [0.2, 0.25) is 5.02 Å². The molecule has 0 aromatic heterocycles. The lowest BCUT2D eigenvalue weighted by Crippen LogP contribution is -2.66. The van der Waals surface area contributed by atoms with Crippen LogP contribution < -0.4 is 10.4 Å². The summed E-state index contributed by atoms with van der Waals surface area (Å²) < 4.78 is 6.13. The number of hydrogen-bond acceptors (Lipinski definition) is 7. The number of aliphatic carboxylic acids is 1.